The lowest BCUT2D eigenvalue weighted by Crippen LogP contribution is -2.09. The zero-order valence-corrected chi connectivity index (χ0v) is 9.80. The molecule has 2 rings (SSSR count). The van der Waals surface area contributed by atoms with E-state index in [0.29, 0.717) is 0 Å². The summed E-state index contributed by atoms with van der Waals surface area (Å²) in [5.41, 5.74) is 2.33. The first kappa shape index (κ1) is 10.6. The van der Waals surface area contributed by atoms with Gasteiger partial charge in [-0.3, -0.25) is 0 Å². The van der Waals surface area contributed by atoms with Gasteiger partial charge in [-0.1, -0.05) is 0 Å². The number of methoxy groups -OCH3 is 2. The van der Waals surface area contributed by atoms with Crippen LogP contribution in [-0.2, 0) is 6.42 Å². The van der Waals surface area contributed by atoms with E-state index in [9.17, 15) is 0 Å². The van der Waals surface area contributed by atoms with Gasteiger partial charge in [-0.15, -0.1) is 11.6 Å². The molecule has 0 saturated carbocycles. The molecule has 15 heavy (non-hydrogen) atoms. The predicted molar refractivity (Wildman–Crippen MR) is 61.1 cm³/mol. The van der Waals surface area contributed by atoms with Gasteiger partial charge in [0.1, 0.15) is 11.5 Å². The van der Waals surface area contributed by atoms with Crippen LogP contribution in [0, 0.1) is 0 Å². The minimum Gasteiger partial charge on any atom is -0.496 e. The number of ether oxygens (including phenoxy) is 2. The summed E-state index contributed by atoms with van der Waals surface area (Å²) in [6.45, 7) is 0. The van der Waals surface area contributed by atoms with Crippen molar-refractivity contribution in [3.8, 4) is 11.5 Å². The van der Waals surface area contributed by atoms with Crippen LogP contribution in [0.15, 0.2) is 12.1 Å². The normalized spacial score (nSPS) is 19.5. The Labute approximate surface area is 95.1 Å². The van der Waals surface area contributed by atoms with Crippen molar-refractivity contribution >= 4 is 11.6 Å². The molecule has 1 aliphatic rings. The summed E-state index contributed by atoms with van der Waals surface area (Å²) in [6, 6.07) is 3.88. The van der Waals surface area contributed by atoms with Crippen molar-refractivity contribution in [1.82, 2.24) is 0 Å². The second kappa shape index (κ2) is 4.31. The van der Waals surface area contributed by atoms with E-state index >= 15 is 0 Å². The lowest BCUT2D eigenvalue weighted by atomic mass is 9.90. The largest absolute Gasteiger partial charge is 0.496 e. The highest BCUT2D eigenvalue weighted by atomic mass is 35.5. The van der Waals surface area contributed by atoms with Crippen molar-refractivity contribution < 1.29 is 9.47 Å². The molecule has 1 aliphatic carbocycles. The molecule has 0 bridgehead atoms. The van der Waals surface area contributed by atoms with Gasteiger partial charge >= 0.3 is 0 Å². The third-order valence-electron chi connectivity index (χ3n) is 2.91. The minimum atomic E-state index is 0.0544. The average molecular weight is 227 g/mol. The number of benzene rings is 1. The molecule has 0 aliphatic heterocycles. The fraction of sp³-hybridized carbons (Fsp3) is 0.500. The van der Waals surface area contributed by atoms with Gasteiger partial charge in [0.05, 0.1) is 19.6 Å². The number of hydrogen-bond acceptors (Lipinski definition) is 2. The Kier molecular flexibility index (Phi) is 3.06. The van der Waals surface area contributed by atoms with Crippen LogP contribution in [0.4, 0.5) is 0 Å². The molecule has 0 heterocycles. The van der Waals surface area contributed by atoms with Crippen molar-refractivity contribution in [2.24, 2.45) is 0 Å². The van der Waals surface area contributed by atoms with E-state index in [0.717, 1.165) is 36.3 Å². The van der Waals surface area contributed by atoms with Crippen molar-refractivity contribution in [2.45, 2.75) is 24.6 Å². The number of hydrogen-bond donors (Lipinski definition) is 0. The van der Waals surface area contributed by atoms with Gasteiger partial charge in [-0.25, -0.2) is 0 Å². The topological polar surface area (TPSA) is 18.5 Å². The maximum atomic E-state index is 6.32. The molecule has 0 spiro atoms. The number of fused-ring (bicyclic) bond motifs is 1. The molecule has 1 aromatic rings. The standard InChI is InChI=1S/C12H15ClO2/c1-14-10-6-7-11(15-2)12-8(10)4-3-5-9(12)13/h6-7,9H,3-5H2,1-2H3. The van der Waals surface area contributed by atoms with Crippen LogP contribution < -0.4 is 9.47 Å². The molecular weight excluding hydrogens is 212 g/mol. The fourth-order valence-electron chi connectivity index (χ4n) is 2.20. The summed E-state index contributed by atoms with van der Waals surface area (Å²) in [4.78, 5) is 0. The van der Waals surface area contributed by atoms with Crippen LogP contribution >= 0.6 is 11.6 Å². The Bertz CT molecular complexity index is 363. The monoisotopic (exact) mass is 226 g/mol. The molecule has 0 aromatic heterocycles. The summed E-state index contributed by atoms with van der Waals surface area (Å²) < 4.78 is 10.7. The van der Waals surface area contributed by atoms with Crippen molar-refractivity contribution in [3.63, 3.8) is 0 Å². The highest BCUT2D eigenvalue weighted by molar-refractivity contribution is 6.21. The predicted octanol–water partition coefficient (Wildman–Crippen LogP) is 3.32. The van der Waals surface area contributed by atoms with E-state index in [2.05, 4.69) is 0 Å². The number of halogens is 1. The van der Waals surface area contributed by atoms with Crippen LogP contribution in [0.3, 0.4) is 0 Å². The van der Waals surface area contributed by atoms with Crippen LogP contribution in [0.1, 0.15) is 29.3 Å². The maximum Gasteiger partial charge on any atom is 0.124 e. The highest BCUT2D eigenvalue weighted by Gasteiger charge is 2.24. The van der Waals surface area contributed by atoms with Crippen LogP contribution in [0.25, 0.3) is 0 Å². The Morgan fingerprint density at radius 3 is 2.53 bits per heavy atom. The maximum absolute atomic E-state index is 6.32. The second-order valence-electron chi connectivity index (χ2n) is 3.72. The summed E-state index contributed by atoms with van der Waals surface area (Å²) in [7, 11) is 3.38. The smallest absolute Gasteiger partial charge is 0.124 e. The van der Waals surface area contributed by atoms with Crippen molar-refractivity contribution in [2.75, 3.05) is 14.2 Å². The molecule has 0 N–H and O–H groups in total. The zero-order chi connectivity index (χ0) is 10.8. The van der Waals surface area contributed by atoms with Crippen molar-refractivity contribution in [1.29, 1.82) is 0 Å². The van der Waals surface area contributed by atoms with E-state index in [4.69, 9.17) is 21.1 Å². The van der Waals surface area contributed by atoms with E-state index in [-0.39, 0.29) is 5.38 Å². The molecule has 1 unspecified atom stereocenters. The zero-order valence-electron chi connectivity index (χ0n) is 9.05. The number of alkyl halides is 1. The van der Waals surface area contributed by atoms with Crippen LogP contribution in [-0.4, -0.2) is 14.2 Å². The molecule has 82 valence electrons. The average Bonchev–Trinajstić information content (AvgIpc) is 2.28. The fourth-order valence-corrected chi connectivity index (χ4v) is 2.59. The lowest BCUT2D eigenvalue weighted by Gasteiger charge is -2.24. The van der Waals surface area contributed by atoms with E-state index in [1.807, 2.05) is 12.1 Å². The molecule has 1 atom stereocenters. The molecular formula is C12H15ClO2. The van der Waals surface area contributed by atoms with E-state index < -0.39 is 0 Å². The van der Waals surface area contributed by atoms with Crippen LogP contribution in [0.2, 0.25) is 0 Å². The van der Waals surface area contributed by atoms with Gasteiger partial charge in [0.2, 0.25) is 0 Å². The van der Waals surface area contributed by atoms with E-state index in [1.54, 1.807) is 14.2 Å². The first-order valence-electron chi connectivity index (χ1n) is 5.15. The Morgan fingerprint density at radius 2 is 1.87 bits per heavy atom. The molecule has 3 heteroatoms. The Balaban J connectivity index is 2.56. The van der Waals surface area contributed by atoms with Gasteiger partial charge < -0.3 is 9.47 Å². The Morgan fingerprint density at radius 1 is 1.20 bits per heavy atom. The summed E-state index contributed by atoms with van der Waals surface area (Å²) in [5, 5.41) is 0.0544. The van der Waals surface area contributed by atoms with Gasteiger partial charge in [0.25, 0.3) is 0 Å². The number of rotatable bonds is 2. The molecule has 1 aromatic carbocycles. The van der Waals surface area contributed by atoms with Gasteiger partial charge in [-0.05, 0) is 31.4 Å². The Hall–Kier alpha value is -0.890. The minimum absolute atomic E-state index is 0.0544. The second-order valence-corrected chi connectivity index (χ2v) is 4.25. The third-order valence-corrected chi connectivity index (χ3v) is 3.35. The first-order chi connectivity index (χ1) is 7.27. The quantitative estimate of drug-likeness (QED) is 0.721. The highest BCUT2D eigenvalue weighted by Crippen LogP contribution is 2.43. The summed E-state index contributed by atoms with van der Waals surface area (Å²) in [6.07, 6.45) is 3.15. The van der Waals surface area contributed by atoms with Gasteiger partial charge in [0, 0.05) is 11.1 Å². The molecule has 0 saturated heterocycles. The molecule has 0 amide bonds. The van der Waals surface area contributed by atoms with Gasteiger partial charge in [0.15, 0.2) is 0 Å². The summed E-state index contributed by atoms with van der Waals surface area (Å²) in [5.74, 6) is 1.81. The third kappa shape index (κ3) is 1.78. The summed E-state index contributed by atoms with van der Waals surface area (Å²) >= 11 is 6.32. The lowest BCUT2D eigenvalue weighted by molar-refractivity contribution is 0.388. The first-order valence-corrected chi connectivity index (χ1v) is 5.59. The van der Waals surface area contributed by atoms with E-state index in [1.165, 1.54) is 5.56 Å². The van der Waals surface area contributed by atoms with Crippen molar-refractivity contribution in [3.05, 3.63) is 23.3 Å². The SMILES string of the molecule is COc1ccc(OC)c2c1CCCC2Cl. The molecule has 2 nitrogen and oxygen atoms in total. The molecule has 0 fully saturated rings. The van der Waals surface area contributed by atoms with Crippen LogP contribution in [0.5, 0.6) is 11.5 Å². The molecule has 0 radical (unpaired) electrons. The van der Waals surface area contributed by atoms with Gasteiger partial charge in [-0.2, -0.15) is 0 Å².